The monoisotopic (exact) mass is 276 g/mol. The van der Waals surface area contributed by atoms with Crippen LogP contribution < -0.4 is 5.32 Å². The molecule has 0 fully saturated rings. The third-order valence-corrected chi connectivity index (χ3v) is 3.04. The Morgan fingerprint density at radius 1 is 1.64 bits per heavy atom. The first kappa shape index (κ1) is 11.7. The Hall–Kier alpha value is -0.420. The second-order valence-corrected chi connectivity index (χ2v) is 5.54. The van der Waals surface area contributed by atoms with Gasteiger partial charge in [-0.2, -0.15) is 0 Å². The summed E-state index contributed by atoms with van der Waals surface area (Å²) in [6.45, 7) is 1.99. The van der Waals surface area contributed by atoms with Gasteiger partial charge in [0.15, 0.2) is 0 Å². The van der Waals surface area contributed by atoms with E-state index >= 15 is 0 Å². The first-order valence-corrected chi connectivity index (χ1v) is 6.78. The van der Waals surface area contributed by atoms with Crippen molar-refractivity contribution in [3.05, 3.63) is 22.8 Å². The summed E-state index contributed by atoms with van der Waals surface area (Å²) in [4.78, 5) is 4.17. The third kappa shape index (κ3) is 4.19. The molecule has 3 nitrogen and oxygen atoms in total. The molecule has 14 heavy (non-hydrogen) atoms. The van der Waals surface area contributed by atoms with E-state index in [0.717, 1.165) is 10.3 Å². The van der Waals surface area contributed by atoms with Gasteiger partial charge in [0.25, 0.3) is 0 Å². The van der Waals surface area contributed by atoms with Crippen LogP contribution in [0.15, 0.2) is 22.8 Å². The van der Waals surface area contributed by atoms with E-state index in [4.69, 9.17) is 0 Å². The Morgan fingerprint density at radius 3 is 2.86 bits per heavy atom. The molecule has 0 aliphatic rings. The molecule has 0 saturated carbocycles. The van der Waals surface area contributed by atoms with Crippen LogP contribution in [0.3, 0.4) is 0 Å². The van der Waals surface area contributed by atoms with Crippen LogP contribution in [0.5, 0.6) is 0 Å². The second-order valence-electron chi connectivity index (χ2n) is 3.15. The molecule has 1 heterocycles. The fraction of sp³-hybridized carbons (Fsp3) is 0.444. The Kier molecular flexibility index (Phi) is 4.54. The topological polar surface area (TPSA) is 42.0 Å². The van der Waals surface area contributed by atoms with E-state index in [0.29, 0.717) is 5.75 Å². The van der Waals surface area contributed by atoms with E-state index in [1.54, 1.807) is 12.5 Å². The van der Waals surface area contributed by atoms with Crippen molar-refractivity contribution in [2.24, 2.45) is 0 Å². The molecule has 1 aromatic rings. The number of halogens is 1. The van der Waals surface area contributed by atoms with Crippen molar-refractivity contribution in [1.82, 2.24) is 4.98 Å². The molecule has 1 aromatic heterocycles. The zero-order valence-electron chi connectivity index (χ0n) is 8.16. The molecule has 0 saturated heterocycles. The molecule has 0 bridgehead atoms. The summed E-state index contributed by atoms with van der Waals surface area (Å²) in [6, 6.07) is 3.99. The molecular weight excluding hydrogens is 264 g/mol. The third-order valence-electron chi connectivity index (χ3n) is 1.61. The van der Waals surface area contributed by atoms with E-state index in [9.17, 15) is 4.21 Å². The van der Waals surface area contributed by atoms with Crippen LogP contribution in [-0.2, 0) is 10.8 Å². The number of nitrogens with one attached hydrogen (secondary N) is 1. The summed E-state index contributed by atoms with van der Waals surface area (Å²) >= 11 is 3.31. The molecule has 0 radical (unpaired) electrons. The van der Waals surface area contributed by atoms with Crippen LogP contribution in [0.25, 0.3) is 0 Å². The quantitative estimate of drug-likeness (QED) is 0.915. The van der Waals surface area contributed by atoms with Crippen LogP contribution in [0.4, 0.5) is 5.82 Å². The van der Waals surface area contributed by atoms with Gasteiger partial charge >= 0.3 is 0 Å². The van der Waals surface area contributed by atoms with Crippen molar-refractivity contribution in [1.29, 1.82) is 0 Å². The van der Waals surface area contributed by atoms with Gasteiger partial charge in [-0.3, -0.25) is 4.21 Å². The molecule has 0 aromatic carbocycles. The lowest BCUT2D eigenvalue weighted by Crippen LogP contribution is -2.22. The average molecular weight is 277 g/mol. The number of anilines is 1. The van der Waals surface area contributed by atoms with Gasteiger partial charge in [0, 0.05) is 39.5 Å². The van der Waals surface area contributed by atoms with Crippen molar-refractivity contribution < 1.29 is 4.21 Å². The van der Waals surface area contributed by atoms with Crippen LogP contribution in [0.1, 0.15) is 6.92 Å². The molecule has 1 N–H and O–H groups in total. The molecule has 0 aliphatic heterocycles. The van der Waals surface area contributed by atoms with Gasteiger partial charge in [-0.05, 0) is 35.0 Å². The van der Waals surface area contributed by atoms with Crippen LogP contribution in [-0.4, -0.2) is 27.2 Å². The van der Waals surface area contributed by atoms with Gasteiger partial charge in [0.2, 0.25) is 0 Å². The summed E-state index contributed by atoms with van der Waals surface area (Å²) in [5.74, 6) is 1.45. The summed E-state index contributed by atoms with van der Waals surface area (Å²) < 4.78 is 11.9. The molecule has 0 spiro atoms. The highest BCUT2D eigenvalue weighted by atomic mass is 79.9. The van der Waals surface area contributed by atoms with E-state index in [2.05, 4.69) is 26.2 Å². The van der Waals surface area contributed by atoms with E-state index in [1.165, 1.54) is 0 Å². The SMILES string of the molecule is CC(CS(C)=O)Nc1ccc(Br)cn1. The van der Waals surface area contributed by atoms with Crippen LogP contribution >= 0.6 is 15.9 Å². The fourth-order valence-corrected chi connectivity index (χ4v) is 2.13. The standard InChI is InChI=1S/C9H13BrN2OS/c1-7(6-14(2)13)12-9-4-3-8(10)5-11-9/h3-5,7H,6H2,1-2H3,(H,11,12). The van der Waals surface area contributed by atoms with E-state index in [-0.39, 0.29) is 6.04 Å². The maximum absolute atomic E-state index is 10.9. The highest BCUT2D eigenvalue weighted by Crippen LogP contribution is 2.11. The first-order valence-electron chi connectivity index (χ1n) is 4.26. The minimum absolute atomic E-state index is 0.175. The van der Waals surface area contributed by atoms with Crippen molar-refractivity contribution in [3.63, 3.8) is 0 Å². The zero-order valence-corrected chi connectivity index (χ0v) is 10.6. The number of hydrogen-bond donors (Lipinski definition) is 1. The Balaban J connectivity index is 2.51. The van der Waals surface area contributed by atoms with Gasteiger partial charge < -0.3 is 5.32 Å². The zero-order chi connectivity index (χ0) is 10.6. The smallest absolute Gasteiger partial charge is 0.126 e. The van der Waals surface area contributed by atoms with Gasteiger partial charge in [-0.15, -0.1) is 0 Å². The van der Waals surface area contributed by atoms with E-state index in [1.807, 2.05) is 19.1 Å². The van der Waals surface area contributed by atoms with Crippen molar-refractivity contribution in [3.8, 4) is 0 Å². The second kappa shape index (κ2) is 5.46. The Morgan fingerprint density at radius 2 is 2.36 bits per heavy atom. The number of hydrogen-bond acceptors (Lipinski definition) is 3. The minimum Gasteiger partial charge on any atom is -0.367 e. The number of rotatable bonds is 4. The van der Waals surface area contributed by atoms with Gasteiger partial charge in [-0.25, -0.2) is 4.98 Å². The average Bonchev–Trinajstić information content (AvgIpc) is 2.07. The Bertz CT molecular complexity index is 315. The summed E-state index contributed by atoms with van der Waals surface area (Å²) in [5.41, 5.74) is 0. The molecule has 0 amide bonds. The molecular formula is C9H13BrN2OS. The highest BCUT2D eigenvalue weighted by molar-refractivity contribution is 9.10. The maximum atomic E-state index is 10.9. The van der Waals surface area contributed by atoms with Crippen LogP contribution in [0, 0.1) is 0 Å². The van der Waals surface area contributed by atoms with Crippen LogP contribution in [0.2, 0.25) is 0 Å². The summed E-state index contributed by atoms with van der Waals surface area (Å²) in [6.07, 6.45) is 3.44. The predicted molar refractivity (Wildman–Crippen MR) is 64.0 cm³/mol. The Labute approximate surface area is 94.9 Å². The van der Waals surface area contributed by atoms with Crippen molar-refractivity contribution in [2.45, 2.75) is 13.0 Å². The lowest BCUT2D eigenvalue weighted by Gasteiger charge is -2.12. The first-order chi connectivity index (χ1) is 6.58. The molecule has 0 aliphatic carbocycles. The predicted octanol–water partition coefficient (Wildman–Crippen LogP) is 2.02. The van der Waals surface area contributed by atoms with Gasteiger partial charge in [0.05, 0.1) is 0 Å². The van der Waals surface area contributed by atoms with E-state index < -0.39 is 10.8 Å². The van der Waals surface area contributed by atoms with Crippen molar-refractivity contribution >= 4 is 32.5 Å². The number of aromatic nitrogens is 1. The molecule has 2 unspecified atom stereocenters. The molecule has 5 heteroatoms. The summed E-state index contributed by atoms with van der Waals surface area (Å²) in [7, 11) is -0.773. The number of pyridine rings is 1. The normalized spacial score (nSPS) is 14.8. The summed E-state index contributed by atoms with van der Waals surface area (Å²) in [5, 5.41) is 3.18. The fourth-order valence-electron chi connectivity index (χ4n) is 1.11. The number of nitrogens with zero attached hydrogens (tertiary/aromatic N) is 1. The largest absolute Gasteiger partial charge is 0.367 e. The van der Waals surface area contributed by atoms with Gasteiger partial charge in [0.1, 0.15) is 5.82 Å². The van der Waals surface area contributed by atoms with Crippen molar-refractivity contribution in [2.75, 3.05) is 17.3 Å². The molecule has 78 valence electrons. The van der Waals surface area contributed by atoms with Gasteiger partial charge in [-0.1, -0.05) is 0 Å². The highest BCUT2D eigenvalue weighted by Gasteiger charge is 2.04. The maximum Gasteiger partial charge on any atom is 0.126 e. The lowest BCUT2D eigenvalue weighted by molar-refractivity contribution is 0.683. The lowest BCUT2D eigenvalue weighted by atomic mass is 10.4. The molecule has 1 rings (SSSR count). The molecule has 2 atom stereocenters. The minimum atomic E-state index is -0.773.